The van der Waals surface area contributed by atoms with E-state index in [1.54, 1.807) is 0 Å². The van der Waals surface area contributed by atoms with E-state index in [1.165, 1.54) is 5.56 Å². The fourth-order valence-corrected chi connectivity index (χ4v) is 3.93. The van der Waals surface area contributed by atoms with Gasteiger partial charge in [-0.15, -0.1) is 0 Å². The Morgan fingerprint density at radius 3 is 2.54 bits per heavy atom. The van der Waals surface area contributed by atoms with Gasteiger partial charge in [-0.3, -0.25) is 4.79 Å². The van der Waals surface area contributed by atoms with E-state index in [9.17, 15) is 4.79 Å². The quantitative estimate of drug-likeness (QED) is 0.719. The summed E-state index contributed by atoms with van der Waals surface area (Å²) in [5.74, 6) is 0.140. The highest BCUT2D eigenvalue weighted by molar-refractivity contribution is 5.97. The minimum absolute atomic E-state index is 0.140. The minimum atomic E-state index is 0.140. The van der Waals surface area contributed by atoms with Crippen molar-refractivity contribution >= 4 is 11.6 Å². The molecule has 1 aromatic heterocycles. The molecule has 0 saturated carbocycles. The van der Waals surface area contributed by atoms with Crippen molar-refractivity contribution < 1.29 is 4.79 Å². The lowest BCUT2D eigenvalue weighted by molar-refractivity contribution is -0.118. The van der Waals surface area contributed by atoms with E-state index < -0.39 is 0 Å². The van der Waals surface area contributed by atoms with Crippen molar-refractivity contribution in [1.29, 1.82) is 0 Å². The predicted molar refractivity (Wildman–Crippen MR) is 104 cm³/mol. The summed E-state index contributed by atoms with van der Waals surface area (Å²) in [5, 5.41) is 4.67. The molecule has 0 bridgehead atoms. The van der Waals surface area contributed by atoms with Gasteiger partial charge in [-0.25, -0.2) is 4.68 Å². The Morgan fingerprint density at radius 2 is 1.77 bits per heavy atom. The van der Waals surface area contributed by atoms with Crippen molar-refractivity contribution in [1.82, 2.24) is 9.78 Å². The third-order valence-electron chi connectivity index (χ3n) is 5.25. The number of hydrogen-bond acceptors (Lipinski definition) is 2. The number of aromatic nitrogens is 2. The average molecular weight is 345 g/mol. The first kappa shape index (κ1) is 16.6. The van der Waals surface area contributed by atoms with E-state index in [2.05, 4.69) is 18.1 Å². The lowest BCUT2D eigenvalue weighted by Gasteiger charge is -2.23. The normalized spacial score (nSPS) is 16.0. The minimum Gasteiger partial charge on any atom is -0.309 e. The van der Waals surface area contributed by atoms with Gasteiger partial charge in [-0.2, -0.15) is 5.10 Å². The Morgan fingerprint density at radius 1 is 1.08 bits per heavy atom. The molecule has 3 aromatic rings. The van der Waals surface area contributed by atoms with Crippen molar-refractivity contribution in [3.63, 3.8) is 0 Å². The molecule has 0 aliphatic carbocycles. The van der Waals surface area contributed by atoms with Gasteiger partial charge in [0.05, 0.1) is 17.8 Å². The lowest BCUT2D eigenvalue weighted by Crippen LogP contribution is -2.37. The van der Waals surface area contributed by atoms with E-state index >= 15 is 0 Å². The van der Waals surface area contributed by atoms with Crippen LogP contribution in [-0.2, 0) is 17.6 Å². The molecule has 132 valence electrons. The molecule has 0 N–H and O–H groups in total. The van der Waals surface area contributed by atoms with Gasteiger partial charge in [-0.1, -0.05) is 36.4 Å². The third-order valence-corrected chi connectivity index (χ3v) is 5.25. The second-order valence-corrected chi connectivity index (χ2v) is 7.02. The first-order valence-corrected chi connectivity index (χ1v) is 9.06. The first-order valence-electron chi connectivity index (χ1n) is 9.06. The maximum Gasteiger partial charge on any atom is 0.231 e. The average Bonchev–Trinajstić information content (AvgIpc) is 3.13. The number of fused-ring (bicyclic) bond motifs is 1. The summed E-state index contributed by atoms with van der Waals surface area (Å²) in [4.78, 5) is 15.1. The monoisotopic (exact) mass is 345 g/mol. The molecule has 1 atom stereocenters. The van der Waals surface area contributed by atoms with E-state index in [1.807, 2.05) is 72.0 Å². The van der Waals surface area contributed by atoms with Gasteiger partial charge in [0.1, 0.15) is 0 Å². The number of rotatable bonds is 3. The fourth-order valence-electron chi connectivity index (χ4n) is 3.93. The zero-order valence-electron chi connectivity index (χ0n) is 15.4. The molecule has 2 heterocycles. The Balaban J connectivity index is 1.64. The van der Waals surface area contributed by atoms with Crippen LogP contribution < -0.4 is 4.90 Å². The maximum absolute atomic E-state index is 13.1. The van der Waals surface area contributed by atoms with E-state index in [-0.39, 0.29) is 11.9 Å². The Bertz CT molecular complexity index is 959. The van der Waals surface area contributed by atoms with Gasteiger partial charge in [0, 0.05) is 23.0 Å². The van der Waals surface area contributed by atoms with Gasteiger partial charge >= 0.3 is 0 Å². The second kappa shape index (κ2) is 6.45. The highest BCUT2D eigenvalue weighted by atomic mass is 16.2. The molecular formula is C22H23N3O. The van der Waals surface area contributed by atoms with Crippen molar-refractivity contribution in [3.8, 4) is 5.69 Å². The molecule has 0 saturated heterocycles. The molecule has 4 heteroatoms. The van der Waals surface area contributed by atoms with Crippen LogP contribution in [0.25, 0.3) is 5.69 Å². The number of carbonyl (C=O) groups excluding carboxylic acids is 1. The highest BCUT2D eigenvalue weighted by Gasteiger charge is 2.31. The van der Waals surface area contributed by atoms with Crippen LogP contribution in [0.4, 0.5) is 5.69 Å². The van der Waals surface area contributed by atoms with Crippen molar-refractivity contribution in [2.24, 2.45) is 0 Å². The standard InChI is InChI=1S/C22H23N3O/c1-15-13-18-9-7-8-12-21(18)24(15)22(26)14-20-16(2)23-25(17(20)3)19-10-5-4-6-11-19/h4-12,15H,13-14H2,1-3H3/t15-/m1/s1. The summed E-state index contributed by atoms with van der Waals surface area (Å²) >= 11 is 0. The summed E-state index contributed by atoms with van der Waals surface area (Å²) in [6.07, 6.45) is 1.30. The molecule has 4 rings (SSSR count). The second-order valence-electron chi connectivity index (χ2n) is 7.02. The van der Waals surface area contributed by atoms with Crippen LogP contribution >= 0.6 is 0 Å². The molecule has 0 radical (unpaired) electrons. The van der Waals surface area contributed by atoms with Crippen LogP contribution in [0.1, 0.15) is 29.4 Å². The number of hydrogen-bond donors (Lipinski definition) is 0. The fraction of sp³-hybridized carbons (Fsp3) is 0.273. The van der Waals surface area contributed by atoms with Gasteiger partial charge in [0.25, 0.3) is 0 Å². The van der Waals surface area contributed by atoms with Crippen LogP contribution in [0.3, 0.4) is 0 Å². The molecule has 2 aromatic carbocycles. The van der Waals surface area contributed by atoms with E-state index in [0.717, 1.165) is 34.7 Å². The van der Waals surface area contributed by atoms with Gasteiger partial charge in [0.2, 0.25) is 5.91 Å². The maximum atomic E-state index is 13.1. The smallest absolute Gasteiger partial charge is 0.231 e. The topological polar surface area (TPSA) is 38.1 Å². The lowest BCUT2D eigenvalue weighted by atomic mass is 10.1. The Hall–Kier alpha value is -2.88. The highest BCUT2D eigenvalue weighted by Crippen LogP contribution is 2.32. The largest absolute Gasteiger partial charge is 0.309 e. The summed E-state index contributed by atoms with van der Waals surface area (Å²) in [5.41, 5.74) is 6.29. The molecular weight excluding hydrogens is 322 g/mol. The zero-order chi connectivity index (χ0) is 18.3. The summed E-state index contributed by atoms with van der Waals surface area (Å²) < 4.78 is 1.93. The van der Waals surface area contributed by atoms with E-state index in [0.29, 0.717) is 6.42 Å². The number of nitrogens with zero attached hydrogens (tertiary/aromatic N) is 3. The zero-order valence-corrected chi connectivity index (χ0v) is 15.4. The number of anilines is 1. The Labute approximate surface area is 154 Å². The van der Waals surface area contributed by atoms with Crippen LogP contribution in [0, 0.1) is 13.8 Å². The SMILES string of the molecule is Cc1nn(-c2ccccc2)c(C)c1CC(=O)N1c2ccccc2C[C@H]1C. The molecule has 1 amide bonds. The number of para-hydroxylation sites is 2. The van der Waals surface area contributed by atoms with Crippen LogP contribution in [0.15, 0.2) is 54.6 Å². The number of amides is 1. The number of aryl methyl sites for hydroxylation is 1. The molecule has 0 unspecified atom stereocenters. The molecule has 0 fully saturated rings. The molecule has 26 heavy (non-hydrogen) atoms. The van der Waals surface area contributed by atoms with Crippen LogP contribution in [-0.4, -0.2) is 21.7 Å². The summed E-state index contributed by atoms with van der Waals surface area (Å²) in [6, 6.07) is 18.5. The predicted octanol–water partition coefficient (Wildman–Crippen LogP) is 4.01. The Kier molecular flexibility index (Phi) is 4.11. The molecule has 4 nitrogen and oxygen atoms in total. The van der Waals surface area contributed by atoms with Gasteiger partial charge in [-0.05, 0) is 51.0 Å². The van der Waals surface area contributed by atoms with Crippen molar-refractivity contribution in [2.75, 3.05) is 4.90 Å². The van der Waals surface area contributed by atoms with Crippen LogP contribution in [0.5, 0.6) is 0 Å². The van der Waals surface area contributed by atoms with Crippen LogP contribution in [0.2, 0.25) is 0 Å². The summed E-state index contributed by atoms with van der Waals surface area (Å²) in [6.45, 7) is 6.14. The molecule has 0 spiro atoms. The van der Waals surface area contributed by atoms with E-state index in [4.69, 9.17) is 0 Å². The van der Waals surface area contributed by atoms with Gasteiger partial charge in [0.15, 0.2) is 0 Å². The summed E-state index contributed by atoms with van der Waals surface area (Å²) in [7, 11) is 0. The molecule has 1 aliphatic heterocycles. The molecule has 1 aliphatic rings. The van der Waals surface area contributed by atoms with Gasteiger partial charge < -0.3 is 4.90 Å². The van der Waals surface area contributed by atoms with Crippen molar-refractivity contribution in [3.05, 3.63) is 77.1 Å². The number of benzene rings is 2. The number of carbonyl (C=O) groups is 1. The first-order chi connectivity index (χ1) is 12.6. The van der Waals surface area contributed by atoms with Crippen molar-refractivity contribution in [2.45, 2.75) is 39.7 Å². The third kappa shape index (κ3) is 2.71.